The van der Waals surface area contributed by atoms with Gasteiger partial charge in [-0.15, -0.1) is 0 Å². The average molecular weight is 200 g/mol. The molecule has 76 valence electrons. The number of hydrogen-bond acceptors (Lipinski definition) is 2. The van der Waals surface area contributed by atoms with Crippen LogP contribution in [-0.4, -0.2) is 5.97 Å². The van der Waals surface area contributed by atoms with Crippen molar-refractivity contribution >= 4 is 5.97 Å². The van der Waals surface area contributed by atoms with Crippen molar-refractivity contribution in [3.63, 3.8) is 0 Å². The molecule has 0 bridgehead atoms. The SMILES string of the molecule is CC(=O)OC(C)c1cc(F)ccc1F. The summed E-state index contributed by atoms with van der Waals surface area (Å²) in [7, 11) is 0. The van der Waals surface area contributed by atoms with Gasteiger partial charge in [-0.1, -0.05) is 0 Å². The Morgan fingerprint density at radius 3 is 2.64 bits per heavy atom. The Balaban J connectivity index is 2.93. The van der Waals surface area contributed by atoms with Crippen LogP contribution in [0.1, 0.15) is 25.5 Å². The number of carbonyl (C=O) groups excluding carboxylic acids is 1. The summed E-state index contributed by atoms with van der Waals surface area (Å²) >= 11 is 0. The van der Waals surface area contributed by atoms with Gasteiger partial charge < -0.3 is 4.74 Å². The highest BCUT2D eigenvalue weighted by atomic mass is 19.1. The molecule has 1 rings (SSSR count). The van der Waals surface area contributed by atoms with Crippen LogP contribution >= 0.6 is 0 Å². The zero-order chi connectivity index (χ0) is 10.7. The van der Waals surface area contributed by atoms with Crippen molar-refractivity contribution in [2.75, 3.05) is 0 Å². The summed E-state index contributed by atoms with van der Waals surface area (Å²) in [6.45, 7) is 2.70. The second-order valence-electron chi connectivity index (χ2n) is 2.92. The van der Waals surface area contributed by atoms with Crippen LogP contribution in [0.4, 0.5) is 8.78 Å². The number of benzene rings is 1. The van der Waals surface area contributed by atoms with E-state index in [-0.39, 0.29) is 5.56 Å². The third-order valence-electron chi connectivity index (χ3n) is 1.74. The second-order valence-corrected chi connectivity index (χ2v) is 2.92. The van der Waals surface area contributed by atoms with Gasteiger partial charge in [0, 0.05) is 12.5 Å². The fourth-order valence-corrected chi connectivity index (χ4v) is 1.14. The van der Waals surface area contributed by atoms with Gasteiger partial charge in [-0.05, 0) is 25.1 Å². The van der Waals surface area contributed by atoms with Gasteiger partial charge in [0.1, 0.15) is 17.7 Å². The standard InChI is InChI=1S/C10H10F2O2/c1-6(14-7(2)13)9-5-8(11)3-4-10(9)12/h3-6H,1-2H3. The van der Waals surface area contributed by atoms with Gasteiger partial charge in [-0.25, -0.2) is 8.78 Å². The van der Waals surface area contributed by atoms with E-state index in [0.29, 0.717) is 0 Å². The van der Waals surface area contributed by atoms with Crippen molar-refractivity contribution in [3.05, 3.63) is 35.4 Å². The smallest absolute Gasteiger partial charge is 0.303 e. The van der Waals surface area contributed by atoms with Crippen LogP contribution in [0.2, 0.25) is 0 Å². The van der Waals surface area contributed by atoms with Gasteiger partial charge in [0.2, 0.25) is 0 Å². The molecular weight excluding hydrogens is 190 g/mol. The molecule has 2 nitrogen and oxygen atoms in total. The van der Waals surface area contributed by atoms with Gasteiger partial charge in [0.15, 0.2) is 0 Å². The van der Waals surface area contributed by atoms with E-state index >= 15 is 0 Å². The fourth-order valence-electron chi connectivity index (χ4n) is 1.14. The molecule has 0 aliphatic carbocycles. The lowest BCUT2D eigenvalue weighted by Gasteiger charge is -2.12. The molecule has 0 spiro atoms. The molecule has 0 aromatic heterocycles. The third kappa shape index (κ3) is 2.52. The first kappa shape index (κ1) is 10.6. The first-order valence-electron chi connectivity index (χ1n) is 4.13. The molecule has 0 N–H and O–H groups in total. The molecule has 1 aromatic carbocycles. The molecule has 0 heterocycles. The van der Waals surface area contributed by atoms with Crippen molar-refractivity contribution in [1.82, 2.24) is 0 Å². The zero-order valence-corrected chi connectivity index (χ0v) is 7.88. The maximum Gasteiger partial charge on any atom is 0.303 e. The van der Waals surface area contributed by atoms with Gasteiger partial charge >= 0.3 is 5.97 Å². The van der Waals surface area contributed by atoms with E-state index in [9.17, 15) is 13.6 Å². The molecule has 1 aromatic rings. The molecule has 0 aliphatic rings. The highest BCUT2D eigenvalue weighted by Gasteiger charge is 2.14. The summed E-state index contributed by atoms with van der Waals surface area (Å²) < 4.78 is 30.6. The van der Waals surface area contributed by atoms with Crippen LogP contribution in [0.3, 0.4) is 0 Å². The van der Waals surface area contributed by atoms with Crippen LogP contribution in [0.15, 0.2) is 18.2 Å². The Bertz CT molecular complexity index is 350. The molecule has 1 atom stereocenters. The highest BCUT2D eigenvalue weighted by molar-refractivity contribution is 5.66. The second kappa shape index (κ2) is 4.17. The monoisotopic (exact) mass is 200 g/mol. The van der Waals surface area contributed by atoms with Crippen LogP contribution in [0.25, 0.3) is 0 Å². The number of carbonyl (C=O) groups is 1. The minimum atomic E-state index is -0.775. The lowest BCUT2D eigenvalue weighted by molar-refractivity contribution is -0.145. The first-order chi connectivity index (χ1) is 6.50. The van der Waals surface area contributed by atoms with Crippen molar-refractivity contribution in [2.24, 2.45) is 0 Å². The van der Waals surface area contributed by atoms with Crippen molar-refractivity contribution < 1.29 is 18.3 Å². The van der Waals surface area contributed by atoms with Crippen LogP contribution in [0.5, 0.6) is 0 Å². The summed E-state index contributed by atoms with van der Waals surface area (Å²) in [6, 6.07) is 3.03. The predicted octanol–water partition coefficient (Wildman–Crippen LogP) is 2.59. The molecule has 0 aliphatic heterocycles. The van der Waals surface area contributed by atoms with E-state index in [2.05, 4.69) is 0 Å². The van der Waals surface area contributed by atoms with E-state index in [1.54, 1.807) is 0 Å². The van der Waals surface area contributed by atoms with E-state index in [1.165, 1.54) is 13.8 Å². The molecule has 0 fully saturated rings. The molecule has 1 unspecified atom stereocenters. The lowest BCUT2D eigenvalue weighted by atomic mass is 10.1. The first-order valence-corrected chi connectivity index (χ1v) is 4.13. The molecule has 14 heavy (non-hydrogen) atoms. The number of halogens is 2. The fraction of sp³-hybridized carbons (Fsp3) is 0.300. The van der Waals surface area contributed by atoms with Crippen molar-refractivity contribution in [1.29, 1.82) is 0 Å². The van der Waals surface area contributed by atoms with Crippen LogP contribution < -0.4 is 0 Å². The summed E-state index contributed by atoms with van der Waals surface area (Å²) in [5, 5.41) is 0. The van der Waals surface area contributed by atoms with Crippen molar-refractivity contribution in [3.8, 4) is 0 Å². The molecule has 0 radical (unpaired) electrons. The van der Waals surface area contributed by atoms with Gasteiger partial charge in [0.25, 0.3) is 0 Å². The summed E-state index contributed by atoms with van der Waals surface area (Å²) in [5.74, 6) is -1.67. The van der Waals surface area contributed by atoms with Crippen molar-refractivity contribution in [2.45, 2.75) is 20.0 Å². The molecule has 0 saturated carbocycles. The van der Waals surface area contributed by atoms with E-state index in [4.69, 9.17) is 4.74 Å². The Morgan fingerprint density at radius 1 is 1.43 bits per heavy atom. The maximum atomic E-state index is 13.1. The average Bonchev–Trinajstić information content (AvgIpc) is 2.08. The van der Waals surface area contributed by atoms with Crippen LogP contribution in [-0.2, 0) is 9.53 Å². The lowest BCUT2D eigenvalue weighted by Crippen LogP contribution is -2.07. The quantitative estimate of drug-likeness (QED) is 0.686. The van der Waals surface area contributed by atoms with E-state index < -0.39 is 23.7 Å². The Hall–Kier alpha value is -1.45. The largest absolute Gasteiger partial charge is 0.458 e. The number of ether oxygens (including phenoxy) is 1. The molecule has 4 heteroatoms. The van der Waals surface area contributed by atoms with Crippen LogP contribution in [0, 0.1) is 11.6 Å². The third-order valence-corrected chi connectivity index (χ3v) is 1.74. The summed E-state index contributed by atoms with van der Waals surface area (Å²) in [6.07, 6.45) is -0.775. The Morgan fingerprint density at radius 2 is 2.07 bits per heavy atom. The zero-order valence-electron chi connectivity index (χ0n) is 7.88. The maximum absolute atomic E-state index is 13.1. The number of hydrogen-bond donors (Lipinski definition) is 0. The Kier molecular flexibility index (Phi) is 3.17. The van der Waals surface area contributed by atoms with E-state index in [1.807, 2.05) is 0 Å². The Labute approximate surface area is 80.5 Å². The topological polar surface area (TPSA) is 26.3 Å². The molecule has 0 amide bonds. The number of rotatable bonds is 2. The normalized spacial score (nSPS) is 12.3. The summed E-state index contributed by atoms with van der Waals surface area (Å²) in [5.41, 5.74) is 0.0419. The van der Waals surface area contributed by atoms with Gasteiger partial charge in [-0.2, -0.15) is 0 Å². The summed E-state index contributed by atoms with van der Waals surface area (Å²) in [4.78, 5) is 10.6. The van der Waals surface area contributed by atoms with Gasteiger partial charge in [0.05, 0.1) is 0 Å². The van der Waals surface area contributed by atoms with Gasteiger partial charge in [-0.3, -0.25) is 4.79 Å². The minimum absolute atomic E-state index is 0.0419. The predicted molar refractivity (Wildman–Crippen MR) is 46.5 cm³/mol. The number of esters is 1. The minimum Gasteiger partial charge on any atom is -0.458 e. The molecule has 0 saturated heterocycles. The van der Waals surface area contributed by atoms with E-state index in [0.717, 1.165) is 18.2 Å². The molecular formula is C10H10F2O2. The highest BCUT2D eigenvalue weighted by Crippen LogP contribution is 2.21.